The standard InChI is InChI=1S/C13H17NO5S/c1-18-6-7-19-5-4-14-13(17)10-8-11(20-9-10)2-3-12(15)16/h2-3,8-9H,4-7H2,1H3,(H,14,17)(H,15,16). The molecule has 0 unspecified atom stereocenters. The van der Waals surface area contributed by atoms with Gasteiger partial charge in [0.15, 0.2) is 0 Å². The van der Waals surface area contributed by atoms with Crippen LogP contribution < -0.4 is 5.32 Å². The van der Waals surface area contributed by atoms with Gasteiger partial charge in [-0.1, -0.05) is 0 Å². The molecule has 0 aliphatic carbocycles. The van der Waals surface area contributed by atoms with Gasteiger partial charge in [0.05, 0.1) is 25.4 Å². The van der Waals surface area contributed by atoms with Crippen molar-refractivity contribution in [2.75, 3.05) is 33.5 Å². The number of amides is 1. The molecule has 7 heteroatoms. The first-order valence-electron chi connectivity index (χ1n) is 5.98. The molecule has 0 aromatic carbocycles. The molecular formula is C13H17NO5S. The average Bonchev–Trinajstić information content (AvgIpc) is 2.89. The number of aliphatic carboxylic acids is 1. The summed E-state index contributed by atoms with van der Waals surface area (Å²) in [6.45, 7) is 1.86. The predicted molar refractivity (Wildman–Crippen MR) is 76.0 cm³/mol. The molecule has 0 aliphatic rings. The van der Waals surface area contributed by atoms with Gasteiger partial charge < -0.3 is 19.9 Å². The van der Waals surface area contributed by atoms with Crippen LogP contribution in [0.25, 0.3) is 6.08 Å². The summed E-state index contributed by atoms with van der Waals surface area (Å²) >= 11 is 1.31. The van der Waals surface area contributed by atoms with Crippen molar-refractivity contribution in [3.8, 4) is 0 Å². The topological polar surface area (TPSA) is 84.9 Å². The van der Waals surface area contributed by atoms with Crippen LogP contribution in [0.5, 0.6) is 0 Å². The monoisotopic (exact) mass is 299 g/mol. The summed E-state index contributed by atoms with van der Waals surface area (Å²) in [4.78, 5) is 22.9. The molecule has 20 heavy (non-hydrogen) atoms. The van der Waals surface area contributed by atoms with E-state index in [-0.39, 0.29) is 5.91 Å². The van der Waals surface area contributed by atoms with Crippen molar-refractivity contribution in [3.05, 3.63) is 28.0 Å². The van der Waals surface area contributed by atoms with E-state index in [0.717, 1.165) is 6.08 Å². The van der Waals surface area contributed by atoms with Gasteiger partial charge in [-0.2, -0.15) is 0 Å². The summed E-state index contributed by atoms with van der Waals surface area (Å²) in [6.07, 6.45) is 2.49. The lowest BCUT2D eigenvalue weighted by molar-refractivity contribution is -0.131. The van der Waals surface area contributed by atoms with Crippen LogP contribution in [-0.2, 0) is 14.3 Å². The highest BCUT2D eigenvalue weighted by atomic mass is 32.1. The van der Waals surface area contributed by atoms with E-state index in [1.807, 2.05) is 0 Å². The molecule has 110 valence electrons. The SMILES string of the molecule is COCCOCCNC(=O)c1csc(C=CC(=O)O)c1. The predicted octanol–water partition coefficient (Wildman–Crippen LogP) is 1.24. The summed E-state index contributed by atoms with van der Waals surface area (Å²) in [5, 5.41) is 12.9. The lowest BCUT2D eigenvalue weighted by Crippen LogP contribution is -2.27. The lowest BCUT2D eigenvalue weighted by Gasteiger charge is -2.04. The Morgan fingerprint density at radius 3 is 2.90 bits per heavy atom. The van der Waals surface area contributed by atoms with Crippen molar-refractivity contribution in [2.45, 2.75) is 0 Å². The van der Waals surface area contributed by atoms with Gasteiger partial charge in [-0.25, -0.2) is 4.79 Å². The quantitative estimate of drug-likeness (QED) is 0.529. The zero-order valence-corrected chi connectivity index (χ0v) is 11.9. The Balaban J connectivity index is 2.31. The fraction of sp³-hybridized carbons (Fsp3) is 0.385. The Morgan fingerprint density at radius 1 is 1.40 bits per heavy atom. The molecule has 0 saturated carbocycles. The van der Waals surface area contributed by atoms with E-state index < -0.39 is 5.97 Å². The highest BCUT2D eigenvalue weighted by Gasteiger charge is 2.07. The van der Waals surface area contributed by atoms with Crippen molar-refractivity contribution in [1.29, 1.82) is 0 Å². The molecule has 0 radical (unpaired) electrons. The van der Waals surface area contributed by atoms with Gasteiger partial charge in [0.25, 0.3) is 5.91 Å². The number of carbonyl (C=O) groups excluding carboxylic acids is 1. The molecule has 0 bridgehead atoms. The minimum absolute atomic E-state index is 0.202. The fourth-order valence-electron chi connectivity index (χ4n) is 1.30. The highest BCUT2D eigenvalue weighted by molar-refractivity contribution is 7.11. The second kappa shape index (κ2) is 9.24. The fourth-order valence-corrected chi connectivity index (χ4v) is 2.08. The molecule has 0 aliphatic heterocycles. The van der Waals surface area contributed by atoms with Gasteiger partial charge in [0.2, 0.25) is 0 Å². The van der Waals surface area contributed by atoms with E-state index in [9.17, 15) is 9.59 Å². The summed E-state index contributed by atoms with van der Waals surface area (Å²) in [6, 6.07) is 1.64. The molecule has 2 N–H and O–H groups in total. The molecule has 0 spiro atoms. The Labute approximate surface area is 121 Å². The average molecular weight is 299 g/mol. The van der Waals surface area contributed by atoms with E-state index >= 15 is 0 Å². The second-order valence-electron chi connectivity index (χ2n) is 3.77. The summed E-state index contributed by atoms with van der Waals surface area (Å²) in [7, 11) is 1.60. The maximum atomic E-state index is 11.8. The van der Waals surface area contributed by atoms with Crippen molar-refractivity contribution < 1.29 is 24.2 Å². The Hall–Kier alpha value is -1.70. The molecule has 0 saturated heterocycles. The number of rotatable bonds is 9. The van der Waals surface area contributed by atoms with E-state index in [2.05, 4.69) is 5.32 Å². The van der Waals surface area contributed by atoms with Crippen LogP contribution in [0.15, 0.2) is 17.5 Å². The first kappa shape index (κ1) is 16.4. The van der Waals surface area contributed by atoms with Crippen molar-refractivity contribution in [2.24, 2.45) is 0 Å². The molecule has 1 amide bonds. The maximum Gasteiger partial charge on any atom is 0.328 e. The number of thiophene rings is 1. The van der Waals surface area contributed by atoms with Crippen molar-refractivity contribution in [1.82, 2.24) is 5.32 Å². The zero-order chi connectivity index (χ0) is 14.8. The zero-order valence-electron chi connectivity index (χ0n) is 11.1. The lowest BCUT2D eigenvalue weighted by atomic mass is 10.3. The summed E-state index contributed by atoms with van der Waals surface area (Å²) in [5.74, 6) is -1.22. The smallest absolute Gasteiger partial charge is 0.328 e. The summed E-state index contributed by atoms with van der Waals surface area (Å²) < 4.78 is 10.0. The molecule has 1 aromatic heterocycles. The molecule has 1 heterocycles. The van der Waals surface area contributed by atoms with Crippen LogP contribution in [0.1, 0.15) is 15.2 Å². The molecule has 0 atom stereocenters. The van der Waals surface area contributed by atoms with Crippen molar-refractivity contribution in [3.63, 3.8) is 0 Å². The number of carboxylic acid groups (broad SMARTS) is 1. The van der Waals surface area contributed by atoms with Gasteiger partial charge in [-0.15, -0.1) is 11.3 Å². The number of carboxylic acids is 1. The van der Waals surface area contributed by atoms with Crippen LogP contribution in [0.2, 0.25) is 0 Å². The number of ether oxygens (including phenoxy) is 2. The van der Waals surface area contributed by atoms with Gasteiger partial charge >= 0.3 is 5.97 Å². The molecule has 6 nitrogen and oxygen atoms in total. The van der Waals surface area contributed by atoms with Crippen molar-refractivity contribution >= 4 is 29.3 Å². The normalized spacial score (nSPS) is 10.8. The van der Waals surface area contributed by atoms with E-state index in [1.54, 1.807) is 18.6 Å². The molecule has 1 rings (SSSR count). The molecule has 1 aromatic rings. The highest BCUT2D eigenvalue weighted by Crippen LogP contribution is 2.16. The third kappa shape index (κ3) is 6.46. The first-order chi connectivity index (χ1) is 9.63. The molecule has 0 fully saturated rings. The van der Waals surface area contributed by atoms with Crippen LogP contribution in [-0.4, -0.2) is 50.5 Å². The third-order valence-corrected chi connectivity index (χ3v) is 3.13. The van der Waals surface area contributed by atoms with Gasteiger partial charge in [-0.05, 0) is 12.1 Å². The minimum atomic E-state index is -1.02. The number of hydrogen-bond acceptors (Lipinski definition) is 5. The largest absolute Gasteiger partial charge is 0.478 e. The van der Waals surface area contributed by atoms with Gasteiger partial charge in [-0.3, -0.25) is 4.79 Å². The van der Waals surface area contributed by atoms with Crippen LogP contribution >= 0.6 is 11.3 Å². The maximum absolute atomic E-state index is 11.8. The Bertz CT molecular complexity index is 469. The molecular weight excluding hydrogens is 282 g/mol. The number of carbonyl (C=O) groups is 2. The van der Waals surface area contributed by atoms with Crippen LogP contribution in [0.3, 0.4) is 0 Å². The number of hydrogen-bond donors (Lipinski definition) is 2. The Morgan fingerprint density at radius 2 is 2.20 bits per heavy atom. The number of methoxy groups -OCH3 is 1. The minimum Gasteiger partial charge on any atom is -0.478 e. The van der Waals surface area contributed by atoms with Crippen LogP contribution in [0, 0.1) is 0 Å². The Kier molecular flexibility index (Phi) is 7.56. The van der Waals surface area contributed by atoms with E-state index in [0.29, 0.717) is 36.8 Å². The van der Waals surface area contributed by atoms with E-state index in [4.69, 9.17) is 14.6 Å². The van der Waals surface area contributed by atoms with E-state index in [1.165, 1.54) is 17.4 Å². The number of nitrogens with one attached hydrogen (secondary N) is 1. The van der Waals surface area contributed by atoms with Crippen LogP contribution in [0.4, 0.5) is 0 Å². The van der Waals surface area contributed by atoms with Gasteiger partial charge in [0, 0.05) is 30.0 Å². The first-order valence-corrected chi connectivity index (χ1v) is 6.86. The third-order valence-electron chi connectivity index (χ3n) is 2.24. The second-order valence-corrected chi connectivity index (χ2v) is 4.71. The van der Waals surface area contributed by atoms with Gasteiger partial charge in [0.1, 0.15) is 0 Å². The summed E-state index contributed by atoms with van der Waals surface area (Å²) in [5.41, 5.74) is 0.511.